The van der Waals surface area contributed by atoms with Crippen molar-refractivity contribution in [1.29, 1.82) is 0 Å². The van der Waals surface area contributed by atoms with Crippen molar-refractivity contribution in [3.8, 4) is 17.4 Å². The molecule has 138 valence electrons. The minimum absolute atomic E-state index is 0.162. The highest BCUT2D eigenvalue weighted by Gasteiger charge is 2.06. The van der Waals surface area contributed by atoms with Gasteiger partial charge in [-0.05, 0) is 47.5 Å². The van der Waals surface area contributed by atoms with E-state index in [-0.39, 0.29) is 16.7 Å². The van der Waals surface area contributed by atoms with Gasteiger partial charge in [0.25, 0.3) is 5.56 Å². The first-order chi connectivity index (χ1) is 13.0. The Kier molecular flexibility index (Phi) is 5.26. The number of phenolic OH excluding ortho intramolecular Hbond substituents is 1. The van der Waals surface area contributed by atoms with Gasteiger partial charge in [0.05, 0.1) is 14.2 Å². The molecule has 6 nitrogen and oxygen atoms in total. The molecule has 2 aromatic carbocycles. The van der Waals surface area contributed by atoms with Crippen molar-refractivity contribution in [3.63, 3.8) is 0 Å². The first-order valence-electron chi connectivity index (χ1n) is 8.29. The summed E-state index contributed by atoms with van der Waals surface area (Å²) in [5.74, 6) is 1.26. The van der Waals surface area contributed by atoms with Gasteiger partial charge in [0.2, 0.25) is 5.88 Å². The zero-order valence-corrected chi connectivity index (χ0v) is 15.3. The van der Waals surface area contributed by atoms with E-state index in [0.717, 1.165) is 16.9 Å². The average molecular weight is 364 g/mol. The van der Waals surface area contributed by atoms with E-state index in [0.29, 0.717) is 11.2 Å². The molecule has 0 spiro atoms. The Morgan fingerprint density at radius 3 is 2.11 bits per heavy atom. The van der Waals surface area contributed by atoms with Crippen LogP contribution in [0.4, 0.5) is 0 Å². The number of hydrogen-bond donors (Lipinski definition) is 1. The van der Waals surface area contributed by atoms with Crippen LogP contribution < -0.4 is 25.7 Å². The third-order valence-electron chi connectivity index (χ3n) is 4.14. The number of benzene rings is 2. The third-order valence-corrected chi connectivity index (χ3v) is 4.14. The van der Waals surface area contributed by atoms with Crippen LogP contribution in [0.1, 0.15) is 11.1 Å². The quantitative estimate of drug-likeness (QED) is 0.752. The maximum absolute atomic E-state index is 12.7. The number of phenols is 1. The zero-order valence-electron chi connectivity index (χ0n) is 15.3. The molecule has 0 fully saturated rings. The SMILES string of the molecule is COc1ccc(C=c2c(OC)nc(=Cc3ccc(O)cc3)c(=O)n2C)cc1. The largest absolute Gasteiger partial charge is 0.508 e. The molecule has 3 rings (SSSR count). The zero-order chi connectivity index (χ0) is 19.4. The smallest absolute Gasteiger partial charge is 0.276 e. The van der Waals surface area contributed by atoms with Crippen LogP contribution in [0.5, 0.6) is 17.4 Å². The van der Waals surface area contributed by atoms with E-state index in [2.05, 4.69) is 4.98 Å². The van der Waals surface area contributed by atoms with Gasteiger partial charge in [0, 0.05) is 7.05 Å². The minimum Gasteiger partial charge on any atom is -0.508 e. The highest BCUT2D eigenvalue weighted by Crippen LogP contribution is 2.12. The summed E-state index contributed by atoms with van der Waals surface area (Å²) in [6, 6.07) is 14.0. The highest BCUT2D eigenvalue weighted by molar-refractivity contribution is 5.52. The normalized spacial score (nSPS) is 12.3. The summed E-state index contributed by atoms with van der Waals surface area (Å²) < 4.78 is 12.1. The van der Waals surface area contributed by atoms with E-state index >= 15 is 0 Å². The molecule has 0 radical (unpaired) electrons. The van der Waals surface area contributed by atoms with Crippen LogP contribution >= 0.6 is 0 Å². The Balaban J connectivity index is 2.16. The van der Waals surface area contributed by atoms with Crippen LogP contribution in [-0.2, 0) is 7.05 Å². The maximum Gasteiger partial charge on any atom is 0.276 e. The van der Waals surface area contributed by atoms with E-state index in [4.69, 9.17) is 9.47 Å². The number of aromatic hydroxyl groups is 1. The molecule has 0 aliphatic carbocycles. The average Bonchev–Trinajstić information content (AvgIpc) is 2.69. The Morgan fingerprint density at radius 1 is 0.926 bits per heavy atom. The first kappa shape index (κ1) is 18.3. The summed E-state index contributed by atoms with van der Waals surface area (Å²) in [6.45, 7) is 0. The van der Waals surface area contributed by atoms with Gasteiger partial charge in [-0.1, -0.05) is 24.3 Å². The lowest BCUT2D eigenvalue weighted by Crippen LogP contribution is -2.44. The predicted octanol–water partition coefficient (Wildman–Crippen LogP) is 1.16. The van der Waals surface area contributed by atoms with Gasteiger partial charge in [-0.25, -0.2) is 4.98 Å². The van der Waals surface area contributed by atoms with E-state index in [1.807, 2.05) is 30.3 Å². The number of ether oxygens (including phenoxy) is 2. The van der Waals surface area contributed by atoms with Gasteiger partial charge < -0.3 is 19.1 Å². The van der Waals surface area contributed by atoms with Crippen molar-refractivity contribution < 1.29 is 14.6 Å². The second-order valence-electron chi connectivity index (χ2n) is 5.91. The standard InChI is InChI=1S/C21H20N2O4/c1-23-19(13-15-6-10-17(26-2)11-7-15)20(27-3)22-18(21(23)25)12-14-4-8-16(24)9-5-14/h4-13,24H,1-3H3. The van der Waals surface area contributed by atoms with Gasteiger partial charge in [-0.3, -0.25) is 4.79 Å². The molecule has 27 heavy (non-hydrogen) atoms. The fourth-order valence-corrected chi connectivity index (χ4v) is 2.63. The Hall–Kier alpha value is -3.54. The Bertz CT molecular complexity index is 1120. The maximum atomic E-state index is 12.7. The molecule has 3 aromatic rings. The van der Waals surface area contributed by atoms with E-state index in [1.54, 1.807) is 44.5 Å². The van der Waals surface area contributed by atoms with Crippen LogP contribution in [0.3, 0.4) is 0 Å². The number of nitrogens with zero attached hydrogens (tertiary/aromatic N) is 2. The van der Waals surface area contributed by atoms with Crippen LogP contribution in [-0.4, -0.2) is 28.9 Å². The van der Waals surface area contributed by atoms with Crippen LogP contribution in [0.2, 0.25) is 0 Å². The second kappa shape index (κ2) is 7.78. The Labute approximate surface area is 156 Å². The molecule has 1 aromatic heterocycles. The fourth-order valence-electron chi connectivity index (χ4n) is 2.63. The molecule has 0 bridgehead atoms. The van der Waals surface area contributed by atoms with Crippen molar-refractivity contribution in [2.24, 2.45) is 7.05 Å². The first-order valence-corrected chi connectivity index (χ1v) is 8.29. The van der Waals surface area contributed by atoms with Gasteiger partial charge >= 0.3 is 0 Å². The lowest BCUT2D eigenvalue weighted by molar-refractivity contribution is 0.385. The summed E-state index contributed by atoms with van der Waals surface area (Å²) in [5, 5.41) is 10.2. The molecular weight excluding hydrogens is 344 g/mol. The van der Waals surface area contributed by atoms with Gasteiger partial charge in [-0.15, -0.1) is 0 Å². The minimum atomic E-state index is -0.247. The Morgan fingerprint density at radius 2 is 1.52 bits per heavy atom. The number of methoxy groups -OCH3 is 2. The third kappa shape index (κ3) is 4.00. The van der Waals surface area contributed by atoms with Crippen molar-refractivity contribution >= 4 is 12.2 Å². The summed E-state index contributed by atoms with van der Waals surface area (Å²) in [5.41, 5.74) is 1.40. The van der Waals surface area contributed by atoms with E-state index < -0.39 is 0 Å². The van der Waals surface area contributed by atoms with Crippen molar-refractivity contribution in [3.05, 3.63) is 80.7 Å². The molecular formula is C21H20N2O4. The molecule has 0 saturated carbocycles. The monoisotopic (exact) mass is 364 g/mol. The number of rotatable bonds is 4. The summed E-state index contributed by atoms with van der Waals surface area (Å²) >= 11 is 0. The second-order valence-corrected chi connectivity index (χ2v) is 5.91. The fraction of sp³-hybridized carbons (Fsp3) is 0.143. The highest BCUT2D eigenvalue weighted by atomic mass is 16.5. The molecule has 6 heteroatoms. The molecule has 0 saturated heterocycles. The van der Waals surface area contributed by atoms with Gasteiger partial charge in [0.15, 0.2) is 0 Å². The molecule has 0 amide bonds. The topological polar surface area (TPSA) is 73.6 Å². The van der Waals surface area contributed by atoms with Crippen molar-refractivity contribution in [2.75, 3.05) is 14.2 Å². The van der Waals surface area contributed by atoms with Gasteiger partial charge in [0.1, 0.15) is 22.2 Å². The lowest BCUT2D eigenvalue weighted by Gasteiger charge is -2.06. The molecule has 0 atom stereocenters. The van der Waals surface area contributed by atoms with Crippen molar-refractivity contribution in [2.45, 2.75) is 0 Å². The molecule has 0 aliphatic heterocycles. The van der Waals surface area contributed by atoms with E-state index in [1.165, 1.54) is 11.7 Å². The lowest BCUT2D eigenvalue weighted by atomic mass is 10.2. The van der Waals surface area contributed by atoms with E-state index in [9.17, 15) is 9.90 Å². The number of hydrogen-bond acceptors (Lipinski definition) is 5. The predicted molar refractivity (Wildman–Crippen MR) is 104 cm³/mol. The molecule has 0 unspecified atom stereocenters. The summed E-state index contributed by atoms with van der Waals surface area (Å²) in [4.78, 5) is 17.1. The summed E-state index contributed by atoms with van der Waals surface area (Å²) in [6.07, 6.45) is 3.48. The van der Waals surface area contributed by atoms with Crippen LogP contribution in [0.15, 0.2) is 53.3 Å². The molecule has 1 N–H and O–H groups in total. The molecule has 1 heterocycles. The van der Waals surface area contributed by atoms with Crippen LogP contribution in [0, 0.1) is 0 Å². The van der Waals surface area contributed by atoms with Gasteiger partial charge in [-0.2, -0.15) is 0 Å². The van der Waals surface area contributed by atoms with Crippen molar-refractivity contribution in [1.82, 2.24) is 9.55 Å². The molecule has 0 aliphatic rings. The van der Waals surface area contributed by atoms with Crippen LogP contribution in [0.25, 0.3) is 12.2 Å². The summed E-state index contributed by atoms with van der Waals surface area (Å²) in [7, 11) is 4.80. The number of aromatic nitrogens is 2.